The van der Waals surface area contributed by atoms with Gasteiger partial charge < -0.3 is 4.57 Å². The second-order valence-electron chi connectivity index (χ2n) is 6.92. The summed E-state index contributed by atoms with van der Waals surface area (Å²) in [4.78, 5) is 12.2. The Hall–Kier alpha value is -1.31. The summed E-state index contributed by atoms with van der Waals surface area (Å²) in [5, 5.41) is 0. The lowest BCUT2D eigenvalue weighted by Gasteiger charge is -2.30. The summed E-state index contributed by atoms with van der Waals surface area (Å²) in [6, 6.07) is 2.03. The lowest BCUT2D eigenvalue weighted by molar-refractivity contribution is 0.0909. The summed E-state index contributed by atoms with van der Waals surface area (Å²) in [6.07, 6.45) is 12.1. The number of hydrogen-bond donors (Lipinski definition) is 0. The fourth-order valence-corrected chi connectivity index (χ4v) is 3.47. The van der Waals surface area contributed by atoms with E-state index in [1.165, 1.54) is 25.0 Å². The van der Waals surface area contributed by atoms with Crippen molar-refractivity contribution in [2.75, 3.05) is 0 Å². The van der Waals surface area contributed by atoms with Gasteiger partial charge >= 0.3 is 0 Å². The Morgan fingerprint density at radius 3 is 2.89 bits per heavy atom. The first kappa shape index (κ1) is 12.7. The van der Waals surface area contributed by atoms with Gasteiger partial charge in [-0.2, -0.15) is 0 Å². The molecule has 19 heavy (non-hydrogen) atoms. The average molecular weight is 257 g/mol. The fraction of sp³-hybridized carbons (Fsp3) is 0.588. The molecule has 0 fully saturated rings. The Bertz CT molecular complexity index is 521. The number of rotatable bonds is 2. The number of hydrogen-bond acceptors (Lipinski definition) is 1. The predicted octanol–water partition coefficient (Wildman–Crippen LogP) is 4.00. The highest BCUT2D eigenvalue weighted by atomic mass is 16.1. The summed E-state index contributed by atoms with van der Waals surface area (Å²) in [7, 11) is 0. The van der Waals surface area contributed by atoms with Crippen LogP contribution >= 0.6 is 0 Å². The van der Waals surface area contributed by atoms with Gasteiger partial charge in [-0.05, 0) is 43.1 Å². The van der Waals surface area contributed by atoms with Gasteiger partial charge in [0.15, 0.2) is 5.78 Å². The van der Waals surface area contributed by atoms with Gasteiger partial charge in [-0.15, -0.1) is 0 Å². The number of allylic oxidation sites excluding steroid dienone is 2. The molecular weight excluding hydrogens is 234 g/mol. The van der Waals surface area contributed by atoms with E-state index < -0.39 is 0 Å². The molecular formula is C17H23NO. The van der Waals surface area contributed by atoms with Crippen LogP contribution < -0.4 is 0 Å². The highest BCUT2D eigenvalue weighted by Gasteiger charge is 2.33. The molecule has 0 saturated carbocycles. The maximum absolute atomic E-state index is 12.2. The molecule has 2 aliphatic rings. The third-order valence-electron chi connectivity index (χ3n) is 4.50. The van der Waals surface area contributed by atoms with Crippen LogP contribution in [0.5, 0.6) is 0 Å². The predicted molar refractivity (Wildman–Crippen MR) is 77.3 cm³/mol. The van der Waals surface area contributed by atoms with E-state index in [0.29, 0.717) is 12.2 Å². The molecule has 0 saturated heterocycles. The Labute approximate surface area is 115 Å². The average Bonchev–Trinajstić information content (AvgIpc) is 2.72. The summed E-state index contributed by atoms with van der Waals surface area (Å²) in [6.45, 7) is 5.48. The molecule has 0 aromatic carbocycles. The highest BCUT2D eigenvalue weighted by Crippen LogP contribution is 2.35. The summed E-state index contributed by atoms with van der Waals surface area (Å²) >= 11 is 0. The molecule has 2 aliphatic carbocycles. The molecule has 0 bridgehead atoms. The molecule has 0 spiro atoms. The molecule has 1 heterocycles. The molecule has 0 amide bonds. The number of carbonyl (C=O) groups excluding carboxylic acids is 1. The monoisotopic (exact) mass is 257 g/mol. The van der Waals surface area contributed by atoms with Crippen LogP contribution in [0.15, 0.2) is 24.4 Å². The Kier molecular flexibility index (Phi) is 3.12. The van der Waals surface area contributed by atoms with Crippen molar-refractivity contribution in [2.24, 2.45) is 11.3 Å². The van der Waals surface area contributed by atoms with Gasteiger partial charge in [0.1, 0.15) is 0 Å². The molecule has 1 aromatic heterocycles. The van der Waals surface area contributed by atoms with Crippen LogP contribution in [-0.4, -0.2) is 10.4 Å². The van der Waals surface area contributed by atoms with Crippen LogP contribution in [0.3, 0.4) is 0 Å². The largest absolute Gasteiger partial charge is 0.350 e. The third kappa shape index (κ3) is 2.54. The first-order chi connectivity index (χ1) is 9.05. The summed E-state index contributed by atoms with van der Waals surface area (Å²) < 4.78 is 2.35. The Morgan fingerprint density at radius 1 is 1.32 bits per heavy atom. The maximum atomic E-state index is 12.2. The van der Waals surface area contributed by atoms with Gasteiger partial charge in [0, 0.05) is 30.4 Å². The first-order valence-corrected chi connectivity index (χ1v) is 7.41. The van der Waals surface area contributed by atoms with Gasteiger partial charge in [0.2, 0.25) is 0 Å². The number of nitrogens with zero attached hydrogens (tertiary/aromatic N) is 1. The molecule has 0 radical (unpaired) electrons. The molecule has 2 heteroatoms. The molecule has 0 N–H and O–H groups in total. The minimum absolute atomic E-state index is 0.118. The minimum Gasteiger partial charge on any atom is -0.350 e. The van der Waals surface area contributed by atoms with Crippen molar-refractivity contribution in [1.82, 2.24) is 4.57 Å². The minimum atomic E-state index is 0.118. The van der Waals surface area contributed by atoms with E-state index in [-0.39, 0.29) is 5.41 Å². The first-order valence-electron chi connectivity index (χ1n) is 7.41. The quantitative estimate of drug-likeness (QED) is 0.734. The van der Waals surface area contributed by atoms with E-state index in [9.17, 15) is 4.79 Å². The highest BCUT2D eigenvalue weighted by molar-refractivity contribution is 5.98. The molecule has 1 aromatic rings. The SMILES string of the molecule is CC1(C)CC(=O)c2ccn(CC3CC=CCC3)c2C1. The van der Waals surface area contributed by atoms with Gasteiger partial charge in [0.05, 0.1) is 0 Å². The number of carbonyl (C=O) groups is 1. The molecule has 1 unspecified atom stereocenters. The van der Waals surface area contributed by atoms with E-state index in [4.69, 9.17) is 0 Å². The second-order valence-corrected chi connectivity index (χ2v) is 6.92. The zero-order chi connectivity index (χ0) is 13.5. The van der Waals surface area contributed by atoms with E-state index in [1.54, 1.807) is 0 Å². The van der Waals surface area contributed by atoms with Gasteiger partial charge in [-0.25, -0.2) is 0 Å². The summed E-state index contributed by atoms with van der Waals surface area (Å²) in [5.74, 6) is 1.06. The van der Waals surface area contributed by atoms with Crippen LogP contribution in [0, 0.1) is 11.3 Å². The standard InChI is InChI=1S/C17H23NO/c1-17(2)10-15-14(16(19)11-17)8-9-18(15)12-13-6-4-3-5-7-13/h3-4,8-9,13H,5-7,10-12H2,1-2H3. The lowest BCUT2D eigenvalue weighted by Crippen LogP contribution is -2.28. The van der Waals surface area contributed by atoms with Crippen molar-refractivity contribution in [3.05, 3.63) is 35.7 Å². The molecule has 0 aliphatic heterocycles. The topological polar surface area (TPSA) is 22.0 Å². The number of Topliss-reactive ketones (excluding diaryl/α,β-unsaturated/α-hetero) is 1. The summed E-state index contributed by atoms with van der Waals surface area (Å²) in [5.41, 5.74) is 2.37. The normalized spacial score (nSPS) is 25.4. The van der Waals surface area contributed by atoms with Crippen molar-refractivity contribution >= 4 is 5.78 Å². The van der Waals surface area contributed by atoms with E-state index in [1.807, 2.05) is 6.07 Å². The van der Waals surface area contributed by atoms with Crippen LogP contribution in [0.4, 0.5) is 0 Å². The van der Waals surface area contributed by atoms with Crippen LogP contribution in [0.2, 0.25) is 0 Å². The molecule has 102 valence electrons. The Morgan fingerprint density at radius 2 is 2.16 bits per heavy atom. The van der Waals surface area contributed by atoms with Crippen molar-refractivity contribution in [2.45, 2.75) is 52.5 Å². The maximum Gasteiger partial charge on any atom is 0.165 e. The van der Waals surface area contributed by atoms with E-state index >= 15 is 0 Å². The van der Waals surface area contributed by atoms with Gasteiger partial charge in [0.25, 0.3) is 0 Å². The van der Waals surface area contributed by atoms with E-state index in [2.05, 4.69) is 36.8 Å². The number of aromatic nitrogens is 1. The van der Waals surface area contributed by atoms with Gasteiger partial charge in [-0.3, -0.25) is 4.79 Å². The molecule has 2 nitrogen and oxygen atoms in total. The van der Waals surface area contributed by atoms with Crippen molar-refractivity contribution in [3.8, 4) is 0 Å². The fourth-order valence-electron chi connectivity index (χ4n) is 3.47. The number of ketones is 1. The zero-order valence-electron chi connectivity index (χ0n) is 12.0. The van der Waals surface area contributed by atoms with E-state index in [0.717, 1.165) is 24.4 Å². The number of fused-ring (bicyclic) bond motifs is 1. The Balaban J connectivity index is 1.84. The lowest BCUT2D eigenvalue weighted by atomic mass is 9.76. The van der Waals surface area contributed by atoms with Crippen molar-refractivity contribution in [1.29, 1.82) is 0 Å². The third-order valence-corrected chi connectivity index (χ3v) is 4.50. The van der Waals surface area contributed by atoms with Gasteiger partial charge in [-0.1, -0.05) is 26.0 Å². The van der Waals surface area contributed by atoms with Crippen LogP contribution in [0.25, 0.3) is 0 Å². The van der Waals surface area contributed by atoms with Crippen LogP contribution in [-0.2, 0) is 13.0 Å². The van der Waals surface area contributed by atoms with Crippen molar-refractivity contribution in [3.63, 3.8) is 0 Å². The van der Waals surface area contributed by atoms with Crippen LogP contribution in [0.1, 0.15) is 55.6 Å². The zero-order valence-corrected chi connectivity index (χ0v) is 12.0. The smallest absolute Gasteiger partial charge is 0.165 e. The molecule has 1 atom stereocenters. The van der Waals surface area contributed by atoms with Crippen molar-refractivity contribution < 1.29 is 4.79 Å². The molecule has 3 rings (SSSR count). The second kappa shape index (κ2) is 4.66.